The summed E-state index contributed by atoms with van der Waals surface area (Å²) in [5.74, 6) is 0.689. The SMILES string of the molecule is CCCCCCCCCC(O)(CCCCCCCCCOc1ccccc1)Oc1ccccc1. The Morgan fingerprint density at radius 2 is 1.00 bits per heavy atom. The molecule has 34 heavy (non-hydrogen) atoms. The minimum atomic E-state index is -1.04. The lowest BCUT2D eigenvalue weighted by molar-refractivity contribution is -0.150. The van der Waals surface area contributed by atoms with Gasteiger partial charge in [0.1, 0.15) is 11.5 Å². The third-order valence-corrected chi connectivity index (χ3v) is 6.45. The fraction of sp³-hybridized carbons (Fsp3) is 0.613. The van der Waals surface area contributed by atoms with Crippen LogP contribution < -0.4 is 9.47 Å². The summed E-state index contributed by atoms with van der Waals surface area (Å²) in [5.41, 5.74) is 0. The number of hydrogen-bond acceptors (Lipinski definition) is 3. The van der Waals surface area contributed by atoms with Crippen molar-refractivity contribution < 1.29 is 14.6 Å². The Kier molecular flexibility index (Phi) is 15.2. The molecule has 2 rings (SSSR count). The van der Waals surface area contributed by atoms with E-state index >= 15 is 0 Å². The molecule has 3 heteroatoms. The van der Waals surface area contributed by atoms with E-state index in [0.29, 0.717) is 6.42 Å². The van der Waals surface area contributed by atoms with Gasteiger partial charge in [0.15, 0.2) is 0 Å². The van der Waals surface area contributed by atoms with Crippen molar-refractivity contribution in [3.05, 3.63) is 60.7 Å². The maximum atomic E-state index is 11.3. The predicted octanol–water partition coefficient (Wildman–Crippen LogP) is 9.09. The Morgan fingerprint density at radius 1 is 0.559 bits per heavy atom. The molecule has 0 aliphatic carbocycles. The zero-order chi connectivity index (χ0) is 24.2. The summed E-state index contributed by atoms with van der Waals surface area (Å²) in [6, 6.07) is 19.9. The maximum Gasteiger partial charge on any atom is 0.208 e. The molecule has 0 saturated heterocycles. The van der Waals surface area contributed by atoms with E-state index in [1.54, 1.807) is 0 Å². The second kappa shape index (κ2) is 18.3. The van der Waals surface area contributed by atoms with Crippen LogP contribution in [0.3, 0.4) is 0 Å². The average molecular weight is 469 g/mol. The highest BCUT2D eigenvalue weighted by Crippen LogP contribution is 2.27. The lowest BCUT2D eigenvalue weighted by Crippen LogP contribution is -2.35. The zero-order valence-corrected chi connectivity index (χ0v) is 21.6. The Balaban J connectivity index is 1.57. The van der Waals surface area contributed by atoms with Gasteiger partial charge in [-0.15, -0.1) is 0 Å². The van der Waals surface area contributed by atoms with Crippen molar-refractivity contribution >= 4 is 0 Å². The van der Waals surface area contributed by atoms with E-state index in [0.717, 1.165) is 50.2 Å². The van der Waals surface area contributed by atoms with Crippen molar-refractivity contribution in [2.75, 3.05) is 6.61 Å². The lowest BCUT2D eigenvalue weighted by Gasteiger charge is -2.29. The largest absolute Gasteiger partial charge is 0.494 e. The third-order valence-electron chi connectivity index (χ3n) is 6.45. The zero-order valence-electron chi connectivity index (χ0n) is 21.6. The highest BCUT2D eigenvalue weighted by molar-refractivity contribution is 5.22. The summed E-state index contributed by atoms with van der Waals surface area (Å²) in [7, 11) is 0. The van der Waals surface area contributed by atoms with Gasteiger partial charge in [-0.3, -0.25) is 0 Å². The predicted molar refractivity (Wildman–Crippen MR) is 144 cm³/mol. The number of benzene rings is 2. The van der Waals surface area contributed by atoms with Gasteiger partial charge in [0.05, 0.1) is 6.61 Å². The fourth-order valence-electron chi connectivity index (χ4n) is 4.39. The Bertz CT molecular complexity index is 703. The van der Waals surface area contributed by atoms with Gasteiger partial charge < -0.3 is 14.6 Å². The topological polar surface area (TPSA) is 38.7 Å². The molecule has 0 saturated carbocycles. The van der Waals surface area contributed by atoms with E-state index in [4.69, 9.17) is 9.47 Å². The highest BCUT2D eigenvalue weighted by atomic mass is 16.6. The van der Waals surface area contributed by atoms with Crippen LogP contribution in [0.25, 0.3) is 0 Å². The van der Waals surface area contributed by atoms with E-state index in [9.17, 15) is 5.11 Å². The number of hydrogen-bond donors (Lipinski definition) is 1. The molecule has 3 nitrogen and oxygen atoms in total. The van der Waals surface area contributed by atoms with Crippen molar-refractivity contribution in [1.82, 2.24) is 0 Å². The molecule has 0 aromatic heterocycles. The van der Waals surface area contributed by atoms with Crippen molar-refractivity contribution in [1.29, 1.82) is 0 Å². The minimum absolute atomic E-state index is 0.711. The third kappa shape index (κ3) is 13.6. The molecule has 0 radical (unpaired) electrons. The van der Waals surface area contributed by atoms with Gasteiger partial charge in [-0.05, 0) is 43.5 Å². The summed E-state index contributed by atoms with van der Waals surface area (Å²) < 4.78 is 11.9. The molecule has 0 amide bonds. The van der Waals surface area contributed by atoms with Crippen molar-refractivity contribution in [2.45, 2.75) is 115 Å². The van der Waals surface area contributed by atoms with E-state index < -0.39 is 5.79 Å². The van der Waals surface area contributed by atoms with Gasteiger partial charge in [-0.25, -0.2) is 0 Å². The molecule has 0 bridgehead atoms. The number of unbranched alkanes of at least 4 members (excludes halogenated alkanes) is 12. The normalized spacial score (nSPS) is 12.9. The summed E-state index contributed by atoms with van der Waals surface area (Å²) in [4.78, 5) is 0. The molecule has 1 unspecified atom stereocenters. The van der Waals surface area contributed by atoms with Crippen molar-refractivity contribution in [3.63, 3.8) is 0 Å². The number of ether oxygens (including phenoxy) is 2. The van der Waals surface area contributed by atoms with Gasteiger partial charge >= 0.3 is 0 Å². The monoisotopic (exact) mass is 468 g/mol. The molecule has 0 spiro atoms. The summed E-state index contributed by atoms with van der Waals surface area (Å²) in [6.07, 6.45) is 18.4. The summed E-state index contributed by atoms with van der Waals surface area (Å²) >= 11 is 0. The van der Waals surface area contributed by atoms with Crippen LogP contribution in [0.2, 0.25) is 0 Å². The summed E-state index contributed by atoms with van der Waals surface area (Å²) in [5, 5.41) is 11.3. The van der Waals surface area contributed by atoms with E-state index in [-0.39, 0.29) is 0 Å². The molecule has 190 valence electrons. The van der Waals surface area contributed by atoms with Gasteiger partial charge in [-0.1, -0.05) is 114 Å². The summed E-state index contributed by atoms with van der Waals surface area (Å²) in [6.45, 7) is 3.05. The smallest absolute Gasteiger partial charge is 0.208 e. The molecule has 0 heterocycles. The van der Waals surface area contributed by atoms with Crippen LogP contribution in [0.1, 0.15) is 110 Å². The first kappa shape index (κ1) is 28.2. The minimum Gasteiger partial charge on any atom is -0.494 e. The first-order chi connectivity index (χ1) is 16.7. The number of para-hydroxylation sites is 2. The number of rotatable bonds is 21. The standard InChI is InChI=1S/C31H48O3/c1-2-3-4-5-7-10-19-26-31(32,34-30-24-17-14-18-25-30)27-20-11-8-6-9-12-21-28-33-29-22-15-13-16-23-29/h13-18,22-25,32H,2-12,19-21,26-28H2,1H3. The van der Waals surface area contributed by atoms with Gasteiger partial charge in [0.25, 0.3) is 0 Å². The fourth-order valence-corrected chi connectivity index (χ4v) is 4.39. The van der Waals surface area contributed by atoms with Crippen molar-refractivity contribution in [3.8, 4) is 11.5 Å². The first-order valence-electron chi connectivity index (χ1n) is 13.9. The maximum absolute atomic E-state index is 11.3. The van der Waals surface area contributed by atoms with Crippen LogP contribution in [0, 0.1) is 0 Å². The van der Waals surface area contributed by atoms with Gasteiger partial charge in [0, 0.05) is 12.8 Å². The highest BCUT2D eigenvalue weighted by Gasteiger charge is 2.28. The van der Waals surface area contributed by atoms with E-state index in [2.05, 4.69) is 6.92 Å². The molecule has 2 aromatic rings. The first-order valence-corrected chi connectivity index (χ1v) is 13.9. The van der Waals surface area contributed by atoms with E-state index in [1.165, 1.54) is 64.2 Å². The van der Waals surface area contributed by atoms with Crippen LogP contribution in [-0.2, 0) is 0 Å². The van der Waals surface area contributed by atoms with Crippen LogP contribution in [0.5, 0.6) is 11.5 Å². The Morgan fingerprint density at radius 3 is 1.53 bits per heavy atom. The quantitative estimate of drug-likeness (QED) is 0.147. The average Bonchev–Trinajstić information content (AvgIpc) is 2.86. The van der Waals surface area contributed by atoms with Crippen molar-refractivity contribution in [2.24, 2.45) is 0 Å². The molecule has 0 fully saturated rings. The molecule has 0 aliphatic heterocycles. The van der Waals surface area contributed by atoms with Crippen LogP contribution in [-0.4, -0.2) is 17.5 Å². The molecule has 1 atom stereocenters. The van der Waals surface area contributed by atoms with Crippen LogP contribution in [0.15, 0.2) is 60.7 Å². The van der Waals surface area contributed by atoms with E-state index in [1.807, 2.05) is 60.7 Å². The Hall–Kier alpha value is -2.00. The molecular weight excluding hydrogens is 420 g/mol. The molecule has 2 aromatic carbocycles. The second-order valence-electron chi connectivity index (χ2n) is 9.62. The lowest BCUT2D eigenvalue weighted by atomic mass is 9.98. The van der Waals surface area contributed by atoms with Crippen LogP contribution in [0.4, 0.5) is 0 Å². The van der Waals surface area contributed by atoms with Gasteiger partial charge in [0.2, 0.25) is 5.79 Å². The molecule has 0 aliphatic rings. The molecular formula is C31H48O3. The van der Waals surface area contributed by atoms with Crippen LogP contribution >= 0.6 is 0 Å². The Labute approximate surface area is 208 Å². The van der Waals surface area contributed by atoms with Gasteiger partial charge in [-0.2, -0.15) is 0 Å². The molecule has 1 N–H and O–H groups in total. The number of aliphatic hydroxyl groups is 1. The second-order valence-corrected chi connectivity index (χ2v) is 9.62.